The fourth-order valence-electron chi connectivity index (χ4n) is 9.55. The predicted molar refractivity (Wildman–Crippen MR) is 119 cm³/mol. The minimum Gasteiger partial charge on any atom is -0.469 e. The second kappa shape index (κ2) is 6.07. The lowest BCUT2D eigenvalue weighted by molar-refractivity contribution is -0.455. The lowest BCUT2D eigenvalue weighted by Crippen LogP contribution is -2.91. The van der Waals surface area contributed by atoms with Crippen molar-refractivity contribution in [3.63, 3.8) is 0 Å². The first-order chi connectivity index (χ1) is 17.1. The van der Waals surface area contributed by atoms with E-state index in [2.05, 4.69) is 0 Å². The molecule has 2 spiro atoms. The third kappa shape index (κ3) is 1.90. The first-order valence-corrected chi connectivity index (χ1v) is 12.7. The van der Waals surface area contributed by atoms with Gasteiger partial charge < -0.3 is 38.6 Å². The second-order valence-electron chi connectivity index (χ2n) is 12.7. The van der Waals surface area contributed by atoms with Gasteiger partial charge in [-0.1, -0.05) is 12.5 Å². The number of hydrogen-bond acceptors (Lipinski definition) is 11. The van der Waals surface area contributed by atoms with Gasteiger partial charge >= 0.3 is 17.9 Å². The van der Waals surface area contributed by atoms with Gasteiger partial charge in [0.25, 0.3) is 0 Å². The van der Waals surface area contributed by atoms with Crippen LogP contribution in [0.3, 0.4) is 0 Å². The highest BCUT2D eigenvalue weighted by atomic mass is 16.8. The van der Waals surface area contributed by atoms with Gasteiger partial charge in [0.1, 0.15) is 23.2 Å². The Morgan fingerprint density at radius 1 is 1.16 bits per heavy atom. The Morgan fingerprint density at radius 2 is 1.84 bits per heavy atom. The van der Waals surface area contributed by atoms with Crippen LogP contribution < -0.4 is 0 Å². The number of carbonyl (C=O) groups excluding carboxylic acids is 3. The molecular formula is C26H32O11. The largest absolute Gasteiger partial charge is 0.469 e. The van der Waals surface area contributed by atoms with Gasteiger partial charge in [-0.25, -0.2) is 0 Å². The van der Waals surface area contributed by atoms with E-state index in [0.717, 1.165) is 0 Å². The Hall–Kier alpha value is -2.05. The van der Waals surface area contributed by atoms with E-state index in [4.69, 9.17) is 28.4 Å². The Kier molecular flexibility index (Phi) is 3.94. The molecule has 37 heavy (non-hydrogen) atoms. The standard InChI is InChI=1S/C26H32O11/c1-10-12(8-14(27)32-7)23(20(3,4)30)16(35-23)15-22(6)13(10)9-21(5)17(28)34-19-25(21)24(22,18(29)37-25)26(31,36-15)11(2)33-19/h11,13,15-16,19,30-31H,8-9H2,1-7H3/t11-,13-,15+,16-,19+,21-,22+,23+,24-,25-,26+/m1/s1. The van der Waals surface area contributed by atoms with E-state index in [0.29, 0.717) is 11.1 Å². The van der Waals surface area contributed by atoms with Gasteiger partial charge in [0.15, 0.2) is 5.41 Å². The second-order valence-corrected chi connectivity index (χ2v) is 12.7. The lowest BCUT2D eigenvalue weighted by Gasteiger charge is -2.72. The van der Waals surface area contributed by atoms with Crippen molar-refractivity contribution in [1.29, 1.82) is 0 Å². The normalized spacial score (nSPS) is 56.3. The summed E-state index contributed by atoms with van der Waals surface area (Å²) in [6.07, 6.45) is -3.94. The summed E-state index contributed by atoms with van der Waals surface area (Å²) in [5, 5.41) is 23.8. The van der Waals surface area contributed by atoms with Crippen molar-refractivity contribution in [3.8, 4) is 0 Å². The molecule has 5 aliphatic heterocycles. The summed E-state index contributed by atoms with van der Waals surface area (Å²) in [7, 11) is 1.29. The molecule has 11 atom stereocenters. The third-order valence-electron chi connectivity index (χ3n) is 11.2. The number of methoxy groups -OCH3 is 1. The number of carbonyl (C=O) groups is 3. The molecule has 0 aromatic heterocycles. The molecule has 0 aromatic rings. The Morgan fingerprint density at radius 3 is 2.43 bits per heavy atom. The molecule has 5 saturated heterocycles. The van der Waals surface area contributed by atoms with Crippen molar-refractivity contribution in [2.45, 2.75) is 102 Å². The molecule has 5 heterocycles. The minimum atomic E-state index is -2.16. The molecule has 6 fully saturated rings. The number of hydrogen-bond donors (Lipinski definition) is 2. The molecule has 2 aliphatic carbocycles. The first kappa shape index (κ1) is 24.0. The summed E-state index contributed by atoms with van der Waals surface area (Å²) in [4.78, 5) is 40.0. The zero-order valence-electron chi connectivity index (χ0n) is 21.9. The van der Waals surface area contributed by atoms with Crippen molar-refractivity contribution in [2.24, 2.45) is 22.2 Å². The molecule has 7 rings (SSSR count). The Balaban J connectivity index is 1.57. The molecule has 11 heteroatoms. The van der Waals surface area contributed by atoms with Crippen molar-refractivity contribution >= 4 is 17.9 Å². The molecule has 0 aromatic carbocycles. The molecule has 0 bridgehead atoms. The van der Waals surface area contributed by atoms with Crippen molar-refractivity contribution in [1.82, 2.24) is 0 Å². The average Bonchev–Trinajstić information content (AvgIpc) is 3.46. The van der Waals surface area contributed by atoms with Crippen LogP contribution in [0.5, 0.6) is 0 Å². The van der Waals surface area contributed by atoms with Gasteiger partial charge in [-0.3, -0.25) is 14.4 Å². The van der Waals surface area contributed by atoms with Crippen LogP contribution in [0.1, 0.15) is 54.4 Å². The molecule has 11 nitrogen and oxygen atoms in total. The van der Waals surface area contributed by atoms with Crippen LogP contribution in [0, 0.1) is 22.2 Å². The van der Waals surface area contributed by atoms with Gasteiger partial charge in [0, 0.05) is 5.41 Å². The molecule has 2 N–H and O–H groups in total. The average molecular weight is 521 g/mol. The van der Waals surface area contributed by atoms with Gasteiger partial charge in [-0.05, 0) is 52.5 Å². The van der Waals surface area contributed by atoms with Crippen LogP contribution in [0.15, 0.2) is 11.1 Å². The van der Waals surface area contributed by atoms with E-state index < -0.39 is 87.3 Å². The summed E-state index contributed by atoms with van der Waals surface area (Å²) in [5.41, 5.74) is -7.46. The fraction of sp³-hybridized carbons (Fsp3) is 0.808. The van der Waals surface area contributed by atoms with E-state index in [1.807, 2.05) is 13.8 Å². The first-order valence-electron chi connectivity index (χ1n) is 12.7. The Bertz CT molecular complexity index is 1240. The number of ether oxygens (including phenoxy) is 6. The molecule has 202 valence electrons. The molecular weight excluding hydrogens is 488 g/mol. The van der Waals surface area contributed by atoms with Gasteiger partial charge in [0.2, 0.25) is 17.7 Å². The molecule has 0 unspecified atom stereocenters. The lowest BCUT2D eigenvalue weighted by atomic mass is 9.34. The van der Waals surface area contributed by atoms with Crippen molar-refractivity contribution < 1.29 is 53.0 Å². The fourth-order valence-corrected chi connectivity index (χ4v) is 9.55. The highest BCUT2D eigenvalue weighted by Gasteiger charge is 3.04. The number of epoxide rings is 1. The van der Waals surface area contributed by atoms with Crippen molar-refractivity contribution in [2.75, 3.05) is 7.11 Å². The number of allylic oxidation sites excluding steroid dienone is 1. The topological polar surface area (TPSA) is 150 Å². The molecule has 1 saturated carbocycles. The zero-order chi connectivity index (χ0) is 26.9. The molecule has 0 amide bonds. The number of aliphatic hydroxyl groups is 2. The maximum absolute atomic E-state index is 13.9. The van der Waals surface area contributed by atoms with E-state index in [-0.39, 0.29) is 12.8 Å². The maximum Gasteiger partial charge on any atom is 0.323 e. The SMILES string of the molecule is COC(=O)CC1=C(C)[C@H]2C[C@]3(C)C(=O)O[C@@H]4O[C@H](C)[C@]5(O)O[C@@H]([C@H]6O[C@@]16C(C)(C)O)[C@@]2(C)[C@@]51C(=O)O[C@@]413. The summed E-state index contributed by atoms with van der Waals surface area (Å²) in [6, 6.07) is 0. The van der Waals surface area contributed by atoms with E-state index >= 15 is 0 Å². The van der Waals surface area contributed by atoms with Crippen LogP contribution in [-0.2, 0) is 42.8 Å². The van der Waals surface area contributed by atoms with E-state index in [1.54, 1.807) is 27.7 Å². The van der Waals surface area contributed by atoms with E-state index in [9.17, 15) is 24.6 Å². The van der Waals surface area contributed by atoms with Gasteiger partial charge in [0.05, 0.1) is 25.2 Å². The van der Waals surface area contributed by atoms with Gasteiger partial charge in [-0.15, -0.1) is 0 Å². The smallest absolute Gasteiger partial charge is 0.323 e. The number of rotatable bonds is 3. The highest BCUT2D eigenvalue weighted by molar-refractivity contribution is 5.96. The van der Waals surface area contributed by atoms with Crippen LogP contribution in [0.4, 0.5) is 0 Å². The minimum absolute atomic E-state index is 0.154. The predicted octanol–water partition coefficient (Wildman–Crippen LogP) is 0.492. The summed E-state index contributed by atoms with van der Waals surface area (Å²) >= 11 is 0. The summed E-state index contributed by atoms with van der Waals surface area (Å²) < 4.78 is 35.4. The van der Waals surface area contributed by atoms with Crippen LogP contribution in [0.2, 0.25) is 0 Å². The summed E-state index contributed by atoms with van der Waals surface area (Å²) in [5.74, 6) is -4.49. The van der Waals surface area contributed by atoms with Gasteiger partial charge in [-0.2, -0.15) is 0 Å². The maximum atomic E-state index is 13.9. The van der Waals surface area contributed by atoms with Crippen LogP contribution in [0.25, 0.3) is 0 Å². The monoisotopic (exact) mass is 520 g/mol. The quantitative estimate of drug-likeness (QED) is 0.232. The van der Waals surface area contributed by atoms with Crippen LogP contribution in [-0.4, -0.2) is 82.4 Å². The summed E-state index contributed by atoms with van der Waals surface area (Å²) in [6.45, 7) is 10.1. The third-order valence-corrected chi connectivity index (χ3v) is 11.2. The molecule has 7 aliphatic rings. The Labute approximate surface area is 213 Å². The van der Waals surface area contributed by atoms with Crippen LogP contribution >= 0.6 is 0 Å². The number of fused-ring (bicyclic) bond motifs is 2. The van der Waals surface area contributed by atoms with E-state index in [1.165, 1.54) is 7.11 Å². The molecule has 0 radical (unpaired) electrons. The van der Waals surface area contributed by atoms with Crippen molar-refractivity contribution in [3.05, 3.63) is 11.1 Å². The number of esters is 3. The zero-order valence-corrected chi connectivity index (χ0v) is 21.9. The highest BCUT2D eigenvalue weighted by Crippen LogP contribution is 2.86.